The second-order valence-electron chi connectivity index (χ2n) is 5.23. The van der Waals surface area contributed by atoms with E-state index in [1.807, 2.05) is 6.92 Å². The first-order valence-electron chi connectivity index (χ1n) is 7.41. The third-order valence-electron chi connectivity index (χ3n) is 3.24. The van der Waals surface area contributed by atoms with Crippen molar-refractivity contribution in [3.05, 3.63) is 47.5 Å². The largest absolute Gasteiger partial charge is 0.484 e. The monoisotopic (exact) mass is 332 g/mol. The average molecular weight is 332 g/mol. The maximum absolute atomic E-state index is 12.7. The van der Waals surface area contributed by atoms with Gasteiger partial charge in [0.15, 0.2) is 6.61 Å². The third kappa shape index (κ3) is 4.82. The molecular formula is C16H20N4O4. The van der Waals surface area contributed by atoms with Gasteiger partial charge in [-0.05, 0) is 25.1 Å². The number of aromatic amines is 1. The highest BCUT2D eigenvalue weighted by Gasteiger charge is 2.17. The molecule has 0 aliphatic carbocycles. The summed E-state index contributed by atoms with van der Waals surface area (Å²) in [5.41, 5.74) is 6.20. The number of carbonyl (C=O) groups is 2. The molecule has 4 N–H and O–H groups in total. The Kier molecular flexibility index (Phi) is 5.91. The number of aromatic nitrogens is 2. The van der Waals surface area contributed by atoms with Gasteiger partial charge in [-0.25, -0.2) is 4.98 Å². The van der Waals surface area contributed by atoms with Crippen molar-refractivity contribution in [2.45, 2.75) is 13.5 Å². The second kappa shape index (κ2) is 8.11. The van der Waals surface area contributed by atoms with E-state index in [1.54, 1.807) is 24.4 Å². The van der Waals surface area contributed by atoms with Gasteiger partial charge in [0, 0.05) is 12.1 Å². The fourth-order valence-corrected chi connectivity index (χ4v) is 2.19. The molecule has 1 heterocycles. The Morgan fingerprint density at radius 1 is 1.42 bits per heavy atom. The van der Waals surface area contributed by atoms with Gasteiger partial charge >= 0.3 is 0 Å². The van der Waals surface area contributed by atoms with E-state index in [4.69, 9.17) is 10.5 Å². The molecule has 0 radical (unpaired) electrons. The first kappa shape index (κ1) is 17.5. The van der Waals surface area contributed by atoms with Crippen molar-refractivity contribution in [2.24, 2.45) is 5.73 Å². The van der Waals surface area contributed by atoms with Crippen molar-refractivity contribution < 1.29 is 19.4 Å². The van der Waals surface area contributed by atoms with Crippen LogP contribution in [0.3, 0.4) is 0 Å². The highest BCUT2D eigenvalue weighted by atomic mass is 16.5. The zero-order valence-corrected chi connectivity index (χ0v) is 13.4. The first-order valence-corrected chi connectivity index (χ1v) is 7.41. The summed E-state index contributed by atoms with van der Waals surface area (Å²) in [5.74, 6) is 0.272. The second-order valence-corrected chi connectivity index (χ2v) is 5.23. The standard InChI is InChI=1S/C16H20N4O4/c1-11-18-8-13(19-11)9-20(5-6-21)16(23)12-3-2-4-14(7-12)24-10-15(17)22/h2-4,7-8,21H,5-6,9-10H2,1H3,(H2,17,22)(H,18,19). The van der Waals surface area contributed by atoms with Crippen LogP contribution in [0.25, 0.3) is 0 Å². The summed E-state index contributed by atoms with van der Waals surface area (Å²) in [5, 5.41) is 9.22. The van der Waals surface area contributed by atoms with Gasteiger partial charge in [0.05, 0.1) is 25.0 Å². The van der Waals surface area contributed by atoms with Crippen molar-refractivity contribution >= 4 is 11.8 Å². The summed E-state index contributed by atoms with van der Waals surface area (Å²) in [7, 11) is 0. The summed E-state index contributed by atoms with van der Waals surface area (Å²) in [6.45, 7) is 1.89. The van der Waals surface area contributed by atoms with Crippen molar-refractivity contribution in [2.75, 3.05) is 19.8 Å². The summed E-state index contributed by atoms with van der Waals surface area (Å²) in [6.07, 6.45) is 1.65. The molecule has 2 aromatic rings. The van der Waals surface area contributed by atoms with Crippen LogP contribution < -0.4 is 10.5 Å². The lowest BCUT2D eigenvalue weighted by molar-refractivity contribution is -0.119. The molecule has 0 spiro atoms. The maximum Gasteiger partial charge on any atom is 0.255 e. The van der Waals surface area contributed by atoms with Crippen LogP contribution in [0.1, 0.15) is 21.9 Å². The number of benzene rings is 1. The summed E-state index contributed by atoms with van der Waals surface area (Å²) in [6, 6.07) is 6.46. The van der Waals surface area contributed by atoms with Gasteiger partial charge in [0.2, 0.25) is 0 Å². The number of nitrogens with zero attached hydrogens (tertiary/aromatic N) is 2. The van der Waals surface area contributed by atoms with Crippen molar-refractivity contribution in [1.82, 2.24) is 14.9 Å². The number of rotatable bonds is 8. The molecule has 0 unspecified atom stereocenters. The highest BCUT2D eigenvalue weighted by Crippen LogP contribution is 2.16. The number of aliphatic hydroxyl groups excluding tert-OH is 1. The zero-order valence-electron chi connectivity index (χ0n) is 13.4. The number of primary amides is 1. The summed E-state index contributed by atoms with van der Waals surface area (Å²) < 4.78 is 5.21. The zero-order chi connectivity index (χ0) is 17.5. The average Bonchev–Trinajstić information content (AvgIpc) is 2.97. The van der Waals surface area contributed by atoms with Crippen LogP contribution in [0.4, 0.5) is 0 Å². The van der Waals surface area contributed by atoms with E-state index in [9.17, 15) is 14.7 Å². The van der Waals surface area contributed by atoms with E-state index in [0.29, 0.717) is 17.9 Å². The van der Waals surface area contributed by atoms with Crippen LogP contribution in [0, 0.1) is 6.92 Å². The lowest BCUT2D eigenvalue weighted by Gasteiger charge is -2.21. The van der Waals surface area contributed by atoms with Crippen molar-refractivity contribution in [3.63, 3.8) is 0 Å². The van der Waals surface area contributed by atoms with Gasteiger partial charge in [-0.2, -0.15) is 0 Å². The van der Waals surface area contributed by atoms with E-state index >= 15 is 0 Å². The lowest BCUT2D eigenvalue weighted by Crippen LogP contribution is -2.33. The molecule has 128 valence electrons. The van der Waals surface area contributed by atoms with Gasteiger partial charge in [-0.3, -0.25) is 9.59 Å². The number of hydrogen-bond acceptors (Lipinski definition) is 5. The summed E-state index contributed by atoms with van der Waals surface area (Å²) in [4.78, 5) is 32.1. The van der Waals surface area contributed by atoms with E-state index in [0.717, 1.165) is 11.5 Å². The van der Waals surface area contributed by atoms with Crippen LogP contribution in [-0.4, -0.2) is 51.5 Å². The molecule has 0 saturated heterocycles. The topological polar surface area (TPSA) is 122 Å². The van der Waals surface area contributed by atoms with E-state index in [-0.39, 0.29) is 25.7 Å². The molecule has 0 saturated carbocycles. The predicted molar refractivity (Wildman–Crippen MR) is 86.3 cm³/mol. The Morgan fingerprint density at radius 3 is 2.83 bits per heavy atom. The molecule has 1 aromatic carbocycles. The molecule has 8 heteroatoms. The molecule has 0 fully saturated rings. The molecule has 24 heavy (non-hydrogen) atoms. The number of ether oxygens (including phenoxy) is 1. The SMILES string of the molecule is Cc1ncc(CN(CCO)C(=O)c2cccc(OCC(N)=O)c2)[nH]1. The van der Waals surface area contributed by atoms with Gasteiger partial charge in [0.25, 0.3) is 11.8 Å². The van der Waals surface area contributed by atoms with Gasteiger partial charge < -0.3 is 25.5 Å². The van der Waals surface area contributed by atoms with Crippen LogP contribution in [-0.2, 0) is 11.3 Å². The van der Waals surface area contributed by atoms with Crippen LogP contribution in [0.2, 0.25) is 0 Å². The minimum absolute atomic E-state index is 0.156. The number of H-pyrrole nitrogens is 1. The molecule has 2 rings (SSSR count). The number of nitrogens with one attached hydrogen (secondary N) is 1. The maximum atomic E-state index is 12.7. The third-order valence-corrected chi connectivity index (χ3v) is 3.24. The minimum atomic E-state index is -0.594. The Morgan fingerprint density at radius 2 is 2.21 bits per heavy atom. The van der Waals surface area contributed by atoms with Gasteiger partial charge in [0.1, 0.15) is 11.6 Å². The molecule has 0 bridgehead atoms. The van der Waals surface area contributed by atoms with Crippen molar-refractivity contribution in [1.29, 1.82) is 0 Å². The molecule has 8 nitrogen and oxygen atoms in total. The number of aliphatic hydroxyl groups is 1. The Hall–Kier alpha value is -2.87. The number of imidazole rings is 1. The molecular weight excluding hydrogens is 312 g/mol. The number of hydrogen-bond donors (Lipinski definition) is 3. The number of amides is 2. The van der Waals surface area contributed by atoms with E-state index in [2.05, 4.69) is 9.97 Å². The summed E-state index contributed by atoms with van der Waals surface area (Å²) >= 11 is 0. The fourth-order valence-electron chi connectivity index (χ4n) is 2.19. The van der Waals surface area contributed by atoms with Crippen LogP contribution >= 0.6 is 0 Å². The number of aryl methyl sites for hydroxylation is 1. The quantitative estimate of drug-likeness (QED) is 0.638. The Balaban J connectivity index is 2.13. The molecule has 1 aromatic heterocycles. The smallest absolute Gasteiger partial charge is 0.255 e. The van der Waals surface area contributed by atoms with E-state index in [1.165, 1.54) is 11.0 Å². The van der Waals surface area contributed by atoms with Gasteiger partial charge in [-0.15, -0.1) is 0 Å². The Bertz CT molecular complexity index is 714. The molecule has 0 aliphatic rings. The van der Waals surface area contributed by atoms with E-state index < -0.39 is 5.91 Å². The minimum Gasteiger partial charge on any atom is -0.484 e. The number of carbonyl (C=O) groups excluding carboxylic acids is 2. The first-order chi connectivity index (χ1) is 11.5. The molecule has 0 aliphatic heterocycles. The lowest BCUT2D eigenvalue weighted by atomic mass is 10.2. The predicted octanol–water partition coefficient (Wildman–Crippen LogP) is 0.217. The van der Waals surface area contributed by atoms with Gasteiger partial charge in [-0.1, -0.05) is 6.07 Å². The molecule has 0 atom stereocenters. The Labute approximate surface area is 139 Å². The van der Waals surface area contributed by atoms with Crippen molar-refractivity contribution in [3.8, 4) is 5.75 Å². The fraction of sp³-hybridized carbons (Fsp3) is 0.312. The molecule has 2 amide bonds. The normalized spacial score (nSPS) is 10.4. The van der Waals surface area contributed by atoms with Crippen LogP contribution in [0.5, 0.6) is 5.75 Å². The number of nitrogens with two attached hydrogens (primary N) is 1. The van der Waals surface area contributed by atoms with Crippen LogP contribution in [0.15, 0.2) is 30.5 Å². The highest BCUT2D eigenvalue weighted by molar-refractivity contribution is 5.94.